The number of thiocarbonyl (C=S) groups is 1. The number of nitrogens with two attached hydrogens (primary N) is 1. The Morgan fingerprint density at radius 2 is 2.16 bits per heavy atom. The van der Waals surface area contributed by atoms with E-state index >= 15 is 0 Å². The number of thioether (sulfide) groups is 1. The monoisotopic (exact) mass is 294 g/mol. The second-order valence-electron chi connectivity index (χ2n) is 5.39. The van der Waals surface area contributed by atoms with Gasteiger partial charge in [0.2, 0.25) is 0 Å². The van der Waals surface area contributed by atoms with Gasteiger partial charge in [-0.15, -0.1) is 11.8 Å². The summed E-state index contributed by atoms with van der Waals surface area (Å²) < 4.78 is 0. The molecule has 0 aromatic heterocycles. The van der Waals surface area contributed by atoms with Gasteiger partial charge in [0.25, 0.3) is 0 Å². The average Bonchev–Trinajstić information content (AvgIpc) is 2.37. The van der Waals surface area contributed by atoms with Crippen LogP contribution in [0, 0.1) is 5.92 Å². The predicted octanol–water partition coefficient (Wildman–Crippen LogP) is 3.67. The van der Waals surface area contributed by atoms with E-state index in [0.29, 0.717) is 11.0 Å². The third kappa shape index (κ3) is 3.06. The van der Waals surface area contributed by atoms with Crippen LogP contribution in [0.1, 0.15) is 32.3 Å². The van der Waals surface area contributed by atoms with E-state index in [1.165, 1.54) is 23.4 Å². The van der Waals surface area contributed by atoms with Gasteiger partial charge in [-0.3, -0.25) is 0 Å². The molecule has 1 fully saturated rings. The molecule has 2 rings (SSSR count). The lowest BCUT2D eigenvalue weighted by molar-refractivity contribution is 0.378. The topological polar surface area (TPSA) is 29.3 Å². The molecule has 0 bridgehead atoms. The van der Waals surface area contributed by atoms with Crippen molar-refractivity contribution in [1.82, 2.24) is 0 Å². The van der Waals surface area contributed by atoms with Gasteiger partial charge in [0, 0.05) is 28.7 Å². The first-order chi connectivity index (χ1) is 9.04. The standard InChI is InChI=1S/C15H22N2S2/c1-10-7-8-17(11(2)9-10)12-5-4-6-13(19-3)14(12)15(16)18/h4-6,10-11H,7-9H2,1-3H3,(H2,16,18). The zero-order valence-corrected chi connectivity index (χ0v) is 13.5. The van der Waals surface area contributed by atoms with Gasteiger partial charge in [-0.25, -0.2) is 0 Å². The number of rotatable bonds is 3. The highest BCUT2D eigenvalue weighted by Gasteiger charge is 2.25. The Morgan fingerprint density at radius 1 is 1.42 bits per heavy atom. The lowest BCUT2D eigenvalue weighted by atomic mass is 9.92. The van der Waals surface area contributed by atoms with Crippen molar-refractivity contribution < 1.29 is 0 Å². The Labute approximate surface area is 125 Å². The van der Waals surface area contributed by atoms with Crippen LogP contribution < -0.4 is 10.6 Å². The molecule has 0 radical (unpaired) electrons. The molecule has 19 heavy (non-hydrogen) atoms. The van der Waals surface area contributed by atoms with Crippen LogP contribution in [0.4, 0.5) is 5.69 Å². The van der Waals surface area contributed by atoms with Gasteiger partial charge in [-0.05, 0) is 44.1 Å². The minimum Gasteiger partial charge on any atom is -0.389 e. The minimum absolute atomic E-state index is 0.505. The first-order valence-electron chi connectivity index (χ1n) is 6.78. The van der Waals surface area contributed by atoms with E-state index in [9.17, 15) is 0 Å². The van der Waals surface area contributed by atoms with Crippen LogP contribution in [-0.2, 0) is 0 Å². The maximum absolute atomic E-state index is 5.96. The summed E-state index contributed by atoms with van der Waals surface area (Å²) in [5, 5.41) is 0. The van der Waals surface area contributed by atoms with Gasteiger partial charge < -0.3 is 10.6 Å². The van der Waals surface area contributed by atoms with Crippen LogP contribution in [0.25, 0.3) is 0 Å². The van der Waals surface area contributed by atoms with Gasteiger partial charge in [-0.2, -0.15) is 0 Å². The number of benzene rings is 1. The summed E-state index contributed by atoms with van der Waals surface area (Å²) in [5.74, 6) is 0.809. The van der Waals surface area contributed by atoms with Crippen molar-refractivity contribution in [2.24, 2.45) is 11.7 Å². The lowest BCUT2D eigenvalue weighted by Crippen LogP contribution is -2.41. The van der Waals surface area contributed by atoms with Crippen molar-refractivity contribution >= 4 is 34.7 Å². The van der Waals surface area contributed by atoms with E-state index in [4.69, 9.17) is 18.0 Å². The zero-order valence-electron chi connectivity index (χ0n) is 11.8. The maximum Gasteiger partial charge on any atom is 0.107 e. The molecule has 1 aliphatic rings. The Bertz CT molecular complexity index is 473. The predicted molar refractivity (Wildman–Crippen MR) is 89.3 cm³/mol. The molecule has 2 nitrogen and oxygen atoms in total. The SMILES string of the molecule is CSc1cccc(N2CCC(C)CC2C)c1C(N)=S. The highest BCUT2D eigenvalue weighted by atomic mass is 32.2. The summed E-state index contributed by atoms with van der Waals surface area (Å²) in [6.07, 6.45) is 4.55. The van der Waals surface area contributed by atoms with E-state index in [0.717, 1.165) is 18.0 Å². The Morgan fingerprint density at radius 3 is 2.74 bits per heavy atom. The molecule has 1 saturated heterocycles. The van der Waals surface area contributed by atoms with Crippen molar-refractivity contribution in [2.75, 3.05) is 17.7 Å². The molecule has 1 aliphatic heterocycles. The fourth-order valence-electron chi connectivity index (χ4n) is 2.94. The highest BCUT2D eigenvalue weighted by molar-refractivity contribution is 7.98. The van der Waals surface area contributed by atoms with Crippen molar-refractivity contribution in [2.45, 2.75) is 37.6 Å². The molecule has 1 heterocycles. The van der Waals surface area contributed by atoms with E-state index in [1.54, 1.807) is 11.8 Å². The molecule has 4 heteroatoms. The Kier molecular flexibility index (Phi) is 4.74. The summed E-state index contributed by atoms with van der Waals surface area (Å²) >= 11 is 6.98. The lowest BCUT2D eigenvalue weighted by Gasteiger charge is -2.39. The molecule has 0 amide bonds. The van der Waals surface area contributed by atoms with Gasteiger partial charge in [-0.1, -0.05) is 25.2 Å². The molecular weight excluding hydrogens is 272 g/mol. The zero-order chi connectivity index (χ0) is 14.0. The molecule has 0 aliphatic carbocycles. The van der Waals surface area contributed by atoms with Crippen LogP contribution in [-0.4, -0.2) is 23.8 Å². The third-order valence-corrected chi connectivity index (χ3v) is 4.90. The molecule has 2 unspecified atom stereocenters. The molecule has 2 atom stereocenters. The van der Waals surface area contributed by atoms with Crippen LogP contribution in [0.15, 0.2) is 23.1 Å². The molecule has 104 valence electrons. The molecule has 0 spiro atoms. The Balaban J connectivity index is 2.41. The fraction of sp³-hybridized carbons (Fsp3) is 0.533. The smallest absolute Gasteiger partial charge is 0.107 e. The number of hydrogen-bond acceptors (Lipinski definition) is 3. The van der Waals surface area contributed by atoms with Crippen molar-refractivity contribution in [3.63, 3.8) is 0 Å². The van der Waals surface area contributed by atoms with Crippen LogP contribution in [0.5, 0.6) is 0 Å². The molecular formula is C15H22N2S2. The van der Waals surface area contributed by atoms with Crippen LogP contribution in [0.3, 0.4) is 0 Å². The second-order valence-corrected chi connectivity index (χ2v) is 6.68. The second kappa shape index (κ2) is 6.14. The number of hydrogen-bond donors (Lipinski definition) is 1. The molecule has 2 N–H and O–H groups in total. The first-order valence-corrected chi connectivity index (χ1v) is 8.41. The minimum atomic E-state index is 0.505. The summed E-state index contributed by atoms with van der Waals surface area (Å²) in [5.41, 5.74) is 8.22. The highest BCUT2D eigenvalue weighted by Crippen LogP contribution is 2.34. The van der Waals surface area contributed by atoms with Crippen LogP contribution >= 0.6 is 24.0 Å². The van der Waals surface area contributed by atoms with Crippen LogP contribution in [0.2, 0.25) is 0 Å². The normalized spacial score (nSPS) is 23.4. The Hall–Kier alpha value is -0.740. The van der Waals surface area contributed by atoms with Gasteiger partial charge >= 0.3 is 0 Å². The maximum atomic E-state index is 5.96. The quantitative estimate of drug-likeness (QED) is 0.680. The van der Waals surface area contributed by atoms with Crippen molar-refractivity contribution in [3.8, 4) is 0 Å². The number of piperidine rings is 1. The van der Waals surface area contributed by atoms with E-state index in [-0.39, 0.29) is 0 Å². The fourth-order valence-corrected chi connectivity index (χ4v) is 3.85. The van der Waals surface area contributed by atoms with E-state index < -0.39 is 0 Å². The van der Waals surface area contributed by atoms with Gasteiger partial charge in [0.1, 0.15) is 4.99 Å². The molecule has 1 aromatic carbocycles. The molecule has 0 saturated carbocycles. The number of anilines is 1. The average molecular weight is 294 g/mol. The van der Waals surface area contributed by atoms with Gasteiger partial charge in [0.15, 0.2) is 0 Å². The van der Waals surface area contributed by atoms with E-state index in [2.05, 4.69) is 43.2 Å². The molecule has 1 aromatic rings. The number of nitrogens with zero attached hydrogens (tertiary/aromatic N) is 1. The third-order valence-electron chi connectivity index (χ3n) is 3.92. The summed E-state index contributed by atoms with van der Waals surface area (Å²) in [6.45, 7) is 5.72. The van der Waals surface area contributed by atoms with Gasteiger partial charge in [0.05, 0.1) is 0 Å². The first kappa shape index (κ1) is 14.7. The van der Waals surface area contributed by atoms with E-state index in [1.807, 2.05) is 0 Å². The largest absolute Gasteiger partial charge is 0.389 e. The van der Waals surface area contributed by atoms with Crippen molar-refractivity contribution in [3.05, 3.63) is 23.8 Å². The van der Waals surface area contributed by atoms with Crippen molar-refractivity contribution in [1.29, 1.82) is 0 Å². The summed E-state index contributed by atoms with van der Waals surface area (Å²) in [7, 11) is 0. The summed E-state index contributed by atoms with van der Waals surface area (Å²) in [4.78, 5) is 4.15. The summed E-state index contributed by atoms with van der Waals surface area (Å²) in [6, 6.07) is 6.91.